The molecule has 0 aliphatic heterocycles. The zero-order chi connectivity index (χ0) is 19.4. The minimum Gasteiger partial charge on any atom is -0.338 e. The van der Waals surface area contributed by atoms with E-state index in [1.807, 2.05) is 24.3 Å². The van der Waals surface area contributed by atoms with Gasteiger partial charge < -0.3 is 4.52 Å². The summed E-state index contributed by atoms with van der Waals surface area (Å²) in [6.07, 6.45) is 0. The van der Waals surface area contributed by atoms with Crippen LogP contribution in [0.4, 0.5) is 0 Å². The molecule has 0 bridgehead atoms. The highest BCUT2D eigenvalue weighted by molar-refractivity contribution is 9.10. The summed E-state index contributed by atoms with van der Waals surface area (Å²) in [5, 5.41) is 3.93. The molecule has 0 fully saturated rings. The summed E-state index contributed by atoms with van der Waals surface area (Å²) in [6.45, 7) is 4.21. The number of nitrogens with zero attached hydrogens (tertiary/aromatic N) is 2. The monoisotopic (exact) mass is 449 g/mol. The van der Waals surface area contributed by atoms with Gasteiger partial charge in [0.1, 0.15) is 0 Å². The number of benzene rings is 2. The first kappa shape index (κ1) is 19.7. The fourth-order valence-corrected chi connectivity index (χ4v) is 3.82. The van der Waals surface area contributed by atoms with E-state index in [4.69, 9.17) is 4.52 Å². The molecule has 1 N–H and O–H groups in total. The topological polar surface area (TPSA) is 85.1 Å². The molecule has 6 nitrogen and oxygen atoms in total. The van der Waals surface area contributed by atoms with E-state index in [1.54, 1.807) is 24.3 Å². The molecule has 142 valence electrons. The molecule has 27 heavy (non-hydrogen) atoms. The van der Waals surface area contributed by atoms with E-state index in [2.05, 4.69) is 44.6 Å². The Balaban J connectivity index is 1.62. The maximum absolute atomic E-state index is 12.2. The Kier molecular flexibility index (Phi) is 6.08. The lowest BCUT2D eigenvalue weighted by molar-refractivity contribution is 0.376. The number of halogens is 1. The summed E-state index contributed by atoms with van der Waals surface area (Å²) >= 11 is 3.33. The third kappa shape index (κ3) is 5.47. The summed E-state index contributed by atoms with van der Waals surface area (Å²) < 4.78 is 33.0. The number of aromatic nitrogens is 2. The molecule has 3 rings (SSSR count). The van der Waals surface area contributed by atoms with Gasteiger partial charge >= 0.3 is 0 Å². The third-order valence-electron chi connectivity index (χ3n) is 4.02. The largest absolute Gasteiger partial charge is 0.338 e. The van der Waals surface area contributed by atoms with Crippen LogP contribution in [0.1, 0.15) is 36.8 Å². The zero-order valence-corrected chi connectivity index (χ0v) is 17.4. The van der Waals surface area contributed by atoms with Crippen molar-refractivity contribution in [1.29, 1.82) is 0 Å². The first-order valence-corrected chi connectivity index (χ1v) is 10.9. The lowest BCUT2D eigenvalue weighted by Crippen LogP contribution is -2.24. The quantitative estimate of drug-likeness (QED) is 0.582. The summed E-state index contributed by atoms with van der Waals surface area (Å²) in [7, 11) is -3.51. The van der Waals surface area contributed by atoms with Gasteiger partial charge in [0.2, 0.25) is 21.7 Å². The molecule has 1 heterocycles. The van der Waals surface area contributed by atoms with Gasteiger partial charge in [0.25, 0.3) is 0 Å². The number of hydrogen-bond donors (Lipinski definition) is 1. The van der Waals surface area contributed by atoms with Crippen molar-refractivity contribution in [3.63, 3.8) is 0 Å². The predicted octanol–water partition coefficient (Wildman–Crippen LogP) is 4.24. The molecule has 3 aromatic rings. The highest BCUT2D eigenvalue weighted by Gasteiger charge is 2.15. The normalized spacial score (nSPS) is 11.9. The zero-order valence-electron chi connectivity index (χ0n) is 15.0. The Bertz CT molecular complexity index is 997. The molecule has 2 aromatic carbocycles. The number of rotatable bonds is 7. The van der Waals surface area contributed by atoms with Crippen LogP contribution in [0.25, 0.3) is 11.4 Å². The van der Waals surface area contributed by atoms with Crippen LogP contribution >= 0.6 is 15.9 Å². The SMILES string of the molecule is CC(C)c1ccc(-c2noc(CNS(=O)(=O)Cc3ccc(Br)cc3)n2)cc1. The predicted molar refractivity (Wildman–Crippen MR) is 107 cm³/mol. The second-order valence-electron chi connectivity index (χ2n) is 6.50. The number of hydrogen-bond acceptors (Lipinski definition) is 5. The average molecular weight is 450 g/mol. The van der Waals surface area contributed by atoms with E-state index < -0.39 is 10.0 Å². The van der Waals surface area contributed by atoms with Crippen molar-refractivity contribution in [2.45, 2.75) is 32.1 Å². The van der Waals surface area contributed by atoms with E-state index in [-0.39, 0.29) is 18.2 Å². The highest BCUT2D eigenvalue weighted by atomic mass is 79.9. The molecule has 0 spiro atoms. The molecule has 1 aromatic heterocycles. The van der Waals surface area contributed by atoms with Crippen molar-refractivity contribution in [1.82, 2.24) is 14.9 Å². The van der Waals surface area contributed by atoms with E-state index >= 15 is 0 Å². The van der Waals surface area contributed by atoms with Crippen molar-refractivity contribution in [2.75, 3.05) is 0 Å². The van der Waals surface area contributed by atoms with Crippen molar-refractivity contribution in [2.24, 2.45) is 0 Å². The molecule has 0 atom stereocenters. The second kappa shape index (κ2) is 8.33. The smallest absolute Gasteiger partial charge is 0.242 e. The van der Waals surface area contributed by atoms with Crippen molar-refractivity contribution in [3.05, 3.63) is 70.0 Å². The molecule has 0 amide bonds. The third-order valence-corrected chi connectivity index (χ3v) is 5.84. The fourth-order valence-electron chi connectivity index (χ4n) is 2.48. The van der Waals surface area contributed by atoms with Crippen molar-refractivity contribution < 1.29 is 12.9 Å². The van der Waals surface area contributed by atoms with Crippen LogP contribution in [0, 0.1) is 0 Å². The van der Waals surface area contributed by atoms with Gasteiger partial charge in [-0.25, -0.2) is 13.1 Å². The van der Waals surface area contributed by atoms with Crippen LogP contribution < -0.4 is 4.72 Å². The van der Waals surface area contributed by atoms with Gasteiger partial charge in [-0.05, 0) is 29.2 Å². The van der Waals surface area contributed by atoms with Gasteiger partial charge in [0.15, 0.2) is 0 Å². The summed E-state index contributed by atoms with van der Waals surface area (Å²) in [4.78, 5) is 4.27. The van der Waals surface area contributed by atoms with Gasteiger partial charge in [0, 0.05) is 10.0 Å². The summed E-state index contributed by atoms with van der Waals surface area (Å²) in [6, 6.07) is 15.0. The van der Waals surface area contributed by atoms with Gasteiger partial charge in [-0.2, -0.15) is 4.98 Å². The van der Waals surface area contributed by atoms with E-state index in [9.17, 15) is 8.42 Å². The van der Waals surface area contributed by atoms with Crippen LogP contribution in [0.2, 0.25) is 0 Å². The molecule has 0 aliphatic rings. The molecular weight excluding hydrogens is 430 g/mol. The van der Waals surface area contributed by atoms with Gasteiger partial charge in [0.05, 0.1) is 12.3 Å². The van der Waals surface area contributed by atoms with Gasteiger partial charge in [-0.1, -0.05) is 71.3 Å². The molecule has 0 saturated carbocycles. The number of nitrogens with one attached hydrogen (secondary N) is 1. The van der Waals surface area contributed by atoms with E-state index in [1.165, 1.54) is 5.56 Å². The van der Waals surface area contributed by atoms with Gasteiger partial charge in [-0.15, -0.1) is 0 Å². The lowest BCUT2D eigenvalue weighted by Gasteiger charge is -2.05. The standard InChI is InChI=1S/C19H20BrN3O3S/c1-13(2)15-5-7-16(8-6-15)19-22-18(26-23-19)11-21-27(24,25)12-14-3-9-17(20)10-4-14/h3-10,13,21H,11-12H2,1-2H3. The highest BCUT2D eigenvalue weighted by Crippen LogP contribution is 2.20. The van der Waals surface area contributed by atoms with Crippen LogP contribution in [0.3, 0.4) is 0 Å². The Morgan fingerprint density at radius 2 is 1.74 bits per heavy atom. The minimum atomic E-state index is -3.51. The number of sulfonamides is 1. The first-order chi connectivity index (χ1) is 12.8. The first-order valence-electron chi connectivity index (χ1n) is 8.47. The van der Waals surface area contributed by atoms with Crippen molar-refractivity contribution >= 4 is 26.0 Å². The molecule has 0 unspecified atom stereocenters. The van der Waals surface area contributed by atoms with Crippen LogP contribution in [-0.4, -0.2) is 18.6 Å². The maximum atomic E-state index is 12.2. The van der Waals surface area contributed by atoms with Gasteiger partial charge in [-0.3, -0.25) is 0 Å². The lowest BCUT2D eigenvalue weighted by atomic mass is 10.0. The van der Waals surface area contributed by atoms with Crippen molar-refractivity contribution in [3.8, 4) is 11.4 Å². The van der Waals surface area contributed by atoms with E-state index in [0.29, 0.717) is 17.3 Å². The summed E-state index contributed by atoms with van der Waals surface area (Å²) in [5.74, 6) is 0.988. The Morgan fingerprint density at radius 1 is 1.07 bits per heavy atom. The van der Waals surface area contributed by atoms with Crippen LogP contribution in [0.5, 0.6) is 0 Å². The minimum absolute atomic E-state index is 0.0457. The fraction of sp³-hybridized carbons (Fsp3) is 0.263. The summed E-state index contributed by atoms with van der Waals surface area (Å²) in [5.41, 5.74) is 2.75. The average Bonchev–Trinajstić information content (AvgIpc) is 3.11. The van der Waals surface area contributed by atoms with Crippen LogP contribution in [-0.2, 0) is 22.3 Å². The second-order valence-corrected chi connectivity index (χ2v) is 9.22. The molecule has 0 radical (unpaired) electrons. The molecule has 0 saturated heterocycles. The Labute approximate surface area is 167 Å². The maximum Gasteiger partial charge on any atom is 0.242 e. The molecule has 0 aliphatic carbocycles. The Morgan fingerprint density at radius 3 is 2.37 bits per heavy atom. The molecular formula is C19H20BrN3O3S. The van der Waals surface area contributed by atoms with Crippen LogP contribution in [0.15, 0.2) is 57.5 Å². The Hall–Kier alpha value is -2.03. The van der Waals surface area contributed by atoms with E-state index in [0.717, 1.165) is 10.0 Å². The molecule has 8 heteroatoms.